The number of methoxy groups -OCH3 is 1. The van der Waals surface area contributed by atoms with Gasteiger partial charge >= 0.3 is 5.97 Å². The molecule has 1 aliphatic carbocycles. The zero-order chi connectivity index (χ0) is 16.9. The van der Waals surface area contributed by atoms with E-state index in [4.69, 9.17) is 4.74 Å². The van der Waals surface area contributed by atoms with Crippen molar-refractivity contribution in [2.75, 3.05) is 23.5 Å². The summed E-state index contributed by atoms with van der Waals surface area (Å²) in [6, 6.07) is 7.25. The Hall–Kier alpha value is -2.13. The highest BCUT2D eigenvalue weighted by Crippen LogP contribution is 2.30. The standard InChI is InChI=1S/C15H16N4O3S2/c1-22-13(21)10-4-2-3-5-11(10)17-12(20)8-23-15-19-18-14(24-15)16-9-6-7-9/h2-5,9H,6-8H2,1H3,(H,16,18)(H,17,20). The predicted octanol–water partition coefficient (Wildman–Crippen LogP) is 2.63. The number of hydrogen-bond donors (Lipinski definition) is 2. The van der Waals surface area contributed by atoms with Crippen molar-refractivity contribution < 1.29 is 14.3 Å². The Kier molecular flexibility index (Phi) is 5.31. The number of carbonyl (C=O) groups is 2. The molecule has 1 fully saturated rings. The van der Waals surface area contributed by atoms with Crippen LogP contribution >= 0.6 is 23.1 Å². The van der Waals surface area contributed by atoms with Gasteiger partial charge in [-0.1, -0.05) is 35.2 Å². The van der Waals surface area contributed by atoms with Crippen LogP contribution in [0.1, 0.15) is 23.2 Å². The van der Waals surface area contributed by atoms with Gasteiger partial charge in [0.15, 0.2) is 4.34 Å². The Bertz CT molecular complexity index is 746. The number of carbonyl (C=O) groups excluding carboxylic acids is 2. The SMILES string of the molecule is COC(=O)c1ccccc1NC(=O)CSc1nnc(NC2CC2)s1. The Balaban J connectivity index is 1.54. The second kappa shape index (κ2) is 7.63. The monoisotopic (exact) mass is 364 g/mol. The number of amides is 1. The van der Waals surface area contributed by atoms with Crippen LogP contribution in [-0.4, -0.2) is 41.0 Å². The van der Waals surface area contributed by atoms with Gasteiger partial charge in [0.1, 0.15) is 0 Å². The molecule has 7 nitrogen and oxygen atoms in total. The smallest absolute Gasteiger partial charge is 0.339 e. The number of rotatable bonds is 7. The number of nitrogens with one attached hydrogen (secondary N) is 2. The molecule has 0 radical (unpaired) electrons. The minimum absolute atomic E-state index is 0.188. The Morgan fingerprint density at radius 3 is 2.88 bits per heavy atom. The first-order valence-electron chi connectivity index (χ1n) is 7.35. The van der Waals surface area contributed by atoms with E-state index in [0.717, 1.165) is 9.47 Å². The quantitative estimate of drug-likeness (QED) is 0.576. The van der Waals surface area contributed by atoms with Crippen LogP contribution in [0.15, 0.2) is 28.6 Å². The summed E-state index contributed by atoms with van der Waals surface area (Å²) in [4.78, 5) is 23.8. The normalized spacial score (nSPS) is 13.4. The van der Waals surface area contributed by atoms with E-state index < -0.39 is 5.97 Å². The van der Waals surface area contributed by atoms with Gasteiger partial charge in [-0.05, 0) is 25.0 Å². The molecule has 1 aliphatic rings. The highest BCUT2D eigenvalue weighted by Gasteiger charge is 2.22. The van der Waals surface area contributed by atoms with E-state index in [2.05, 4.69) is 20.8 Å². The Morgan fingerprint density at radius 2 is 2.12 bits per heavy atom. The first-order valence-corrected chi connectivity index (χ1v) is 9.16. The van der Waals surface area contributed by atoms with Gasteiger partial charge in [-0.15, -0.1) is 10.2 Å². The van der Waals surface area contributed by atoms with Gasteiger partial charge in [-0.2, -0.15) is 0 Å². The molecule has 0 unspecified atom stereocenters. The van der Waals surface area contributed by atoms with Gasteiger partial charge in [0.2, 0.25) is 11.0 Å². The number of ether oxygens (including phenoxy) is 1. The number of esters is 1. The molecule has 0 spiro atoms. The van der Waals surface area contributed by atoms with E-state index in [1.807, 2.05) is 0 Å². The molecular formula is C15H16N4O3S2. The predicted molar refractivity (Wildman–Crippen MR) is 93.7 cm³/mol. The summed E-state index contributed by atoms with van der Waals surface area (Å²) in [5.41, 5.74) is 0.758. The molecule has 0 atom stereocenters. The summed E-state index contributed by atoms with van der Waals surface area (Å²) in [5.74, 6) is -0.519. The third-order valence-corrected chi connectivity index (χ3v) is 5.23. The van der Waals surface area contributed by atoms with Crippen LogP contribution in [0.25, 0.3) is 0 Å². The summed E-state index contributed by atoms with van der Waals surface area (Å²) in [6.07, 6.45) is 2.34. The number of hydrogen-bond acceptors (Lipinski definition) is 8. The van der Waals surface area contributed by atoms with E-state index in [0.29, 0.717) is 17.3 Å². The van der Waals surface area contributed by atoms with Crippen molar-refractivity contribution >= 4 is 45.8 Å². The van der Waals surface area contributed by atoms with E-state index >= 15 is 0 Å². The van der Waals surface area contributed by atoms with Gasteiger partial charge in [0.05, 0.1) is 24.1 Å². The lowest BCUT2D eigenvalue weighted by Gasteiger charge is -2.08. The highest BCUT2D eigenvalue weighted by molar-refractivity contribution is 8.01. The minimum Gasteiger partial charge on any atom is -0.465 e. The number of nitrogens with zero attached hydrogens (tertiary/aromatic N) is 2. The van der Waals surface area contributed by atoms with Crippen LogP contribution in [0.4, 0.5) is 10.8 Å². The summed E-state index contributed by atoms with van der Waals surface area (Å²) in [7, 11) is 1.31. The minimum atomic E-state index is -0.488. The molecule has 0 bridgehead atoms. The number of anilines is 2. The van der Waals surface area contributed by atoms with Crippen molar-refractivity contribution in [2.24, 2.45) is 0 Å². The molecule has 0 saturated heterocycles. The molecule has 2 N–H and O–H groups in total. The number of para-hydroxylation sites is 1. The fraction of sp³-hybridized carbons (Fsp3) is 0.333. The van der Waals surface area contributed by atoms with Gasteiger partial charge in [-0.25, -0.2) is 4.79 Å². The van der Waals surface area contributed by atoms with Gasteiger partial charge < -0.3 is 15.4 Å². The average molecular weight is 364 g/mol. The van der Waals surface area contributed by atoms with Crippen molar-refractivity contribution in [2.45, 2.75) is 23.2 Å². The third-order valence-electron chi connectivity index (χ3n) is 3.24. The van der Waals surface area contributed by atoms with Crippen LogP contribution in [0.2, 0.25) is 0 Å². The van der Waals surface area contributed by atoms with Crippen LogP contribution in [0.5, 0.6) is 0 Å². The largest absolute Gasteiger partial charge is 0.465 e. The van der Waals surface area contributed by atoms with Crippen molar-refractivity contribution in [3.05, 3.63) is 29.8 Å². The molecule has 1 amide bonds. The van der Waals surface area contributed by atoms with Crippen LogP contribution in [0.3, 0.4) is 0 Å². The lowest BCUT2D eigenvalue weighted by molar-refractivity contribution is -0.113. The zero-order valence-electron chi connectivity index (χ0n) is 12.9. The summed E-state index contributed by atoms with van der Waals surface area (Å²) < 4.78 is 5.44. The van der Waals surface area contributed by atoms with Crippen molar-refractivity contribution in [3.8, 4) is 0 Å². The highest BCUT2D eigenvalue weighted by atomic mass is 32.2. The topological polar surface area (TPSA) is 93.2 Å². The summed E-state index contributed by atoms with van der Waals surface area (Å²) in [6.45, 7) is 0. The van der Waals surface area contributed by atoms with Gasteiger partial charge in [0, 0.05) is 6.04 Å². The molecule has 24 heavy (non-hydrogen) atoms. The van der Waals surface area contributed by atoms with E-state index in [1.165, 1.54) is 43.1 Å². The maximum absolute atomic E-state index is 12.1. The van der Waals surface area contributed by atoms with Crippen LogP contribution in [-0.2, 0) is 9.53 Å². The third kappa shape index (κ3) is 4.45. The fourth-order valence-electron chi connectivity index (χ4n) is 1.92. The Morgan fingerprint density at radius 1 is 1.33 bits per heavy atom. The number of benzene rings is 1. The van der Waals surface area contributed by atoms with E-state index in [-0.39, 0.29) is 11.7 Å². The average Bonchev–Trinajstić information content (AvgIpc) is 3.29. The molecule has 1 heterocycles. The second-order valence-corrected chi connectivity index (χ2v) is 7.37. The van der Waals surface area contributed by atoms with Gasteiger partial charge in [0.25, 0.3) is 0 Å². The molecule has 126 valence electrons. The second-order valence-electron chi connectivity index (χ2n) is 5.17. The first-order chi connectivity index (χ1) is 11.7. The molecule has 1 aromatic heterocycles. The molecule has 9 heteroatoms. The maximum atomic E-state index is 12.1. The van der Waals surface area contributed by atoms with Crippen molar-refractivity contribution in [1.82, 2.24) is 10.2 Å². The molecule has 1 aromatic carbocycles. The lowest BCUT2D eigenvalue weighted by Crippen LogP contribution is -2.17. The number of thioether (sulfide) groups is 1. The lowest BCUT2D eigenvalue weighted by atomic mass is 10.2. The molecule has 3 rings (SSSR count). The fourth-order valence-corrected chi connectivity index (χ4v) is 3.55. The molecule has 1 saturated carbocycles. The van der Waals surface area contributed by atoms with E-state index in [1.54, 1.807) is 24.3 Å². The first kappa shape index (κ1) is 16.7. The van der Waals surface area contributed by atoms with Gasteiger partial charge in [-0.3, -0.25) is 4.79 Å². The van der Waals surface area contributed by atoms with Crippen molar-refractivity contribution in [1.29, 1.82) is 0 Å². The van der Waals surface area contributed by atoms with Crippen LogP contribution in [0, 0.1) is 0 Å². The van der Waals surface area contributed by atoms with E-state index in [9.17, 15) is 9.59 Å². The summed E-state index contributed by atoms with van der Waals surface area (Å²) >= 11 is 2.75. The zero-order valence-corrected chi connectivity index (χ0v) is 14.6. The maximum Gasteiger partial charge on any atom is 0.339 e. The summed E-state index contributed by atoms with van der Waals surface area (Å²) in [5, 5.41) is 14.9. The number of aromatic nitrogens is 2. The Labute approximate surface area is 147 Å². The molecule has 0 aliphatic heterocycles. The molecule has 2 aromatic rings. The molecular weight excluding hydrogens is 348 g/mol. The van der Waals surface area contributed by atoms with Crippen LogP contribution < -0.4 is 10.6 Å². The van der Waals surface area contributed by atoms with Crippen molar-refractivity contribution in [3.63, 3.8) is 0 Å².